The highest BCUT2D eigenvalue weighted by atomic mass is 16.3. The Morgan fingerprint density at radius 2 is 1.80 bits per heavy atom. The van der Waals surface area contributed by atoms with E-state index in [1.54, 1.807) is 6.92 Å². The summed E-state index contributed by atoms with van der Waals surface area (Å²) in [5.41, 5.74) is 3.90. The quantitative estimate of drug-likeness (QED) is 0.617. The fraction of sp³-hybridized carbons (Fsp3) is 0.304. The topological polar surface area (TPSA) is 83.1 Å². The van der Waals surface area contributed by atoms with Gasteiger partial charge in [0.2, 0.25) is 0 Å². The molecule has 7 heteroatoms. The molecule has 0 saturated carbocycles. The highest BCUT2D eigenvalue weighted by Gasteiger charge is 2.37. The summed E-state index contributed by atoms with van der Waals surface area (Å²) in [4.78, 5) is 19.1. The van der Waals surface area contributed by atoms with Crippen LogP contribution in [-0.2, 0) is 11.3 Å². The summed E-state index contributed by atoms with van der Waals surface area (Å²) in [5, 5.41) is 18.7. The van der Waals surface area contributed by atoms with Crippen molar-refractivity contribution < 1.29 is 9.90 Å². The summed E-state index contributed by atoms with van der Waals surface area (Å²) in [6, 6.07) is 16.1. The summed E-state index contributed by atoms with van der Waals surface area (Å²) in [6.07, 6.45) is 0. The Kier molecular flexibility index (Phi) is 5.11. The van der Waals surface area contributed by atoms with E-state index in [1.807, 2.05) is 73.0 Å². The maximum Gasteiger partial charge on any atom is 0.250 e. The molecule has 2 aromatic carbocycles. The monoisotopic (exact) mass is 403 g/mol. The zero-order valence-corrected chi connectivity index (χ0v) is 17.6. The number of imidazole rings is 1. The van der Waals surface area contributed by atoms with Gasteiger partial charge in [-0.2, -0.15) is 0 Å². The second-order valence-electron chi connectivity index (χ2n) is 7.93. The van der Waals surface area contributed by atoms with Gasteiger partial charge in [-0.3, -0.25) is 4.79 Å². The molecule has 1 heterocycles. The number of allylic oxidation sites excluding steroid dienone is 2. The number of nitrogens with zero attached hydrogens (tertiary/aromatic N) is 5. The standard InChI is InChI=1S/C23H25N5O2/c1-14-15(2)22(30)20(21(14)29)25-26-23-24-18-11-10-17(27(3)4)12-19(18)28(23)13-16-8-6-5-7-9-16/h5-12,14-15,29H,13H2,1-4H3. The lowest BCUT2D eigenvalue weighted by Crippen LogP contribution is -2.10. The predicted molar refractivity (Wildman–Crippen MR) is 117 cm³/mol. The normalized spacial score (nSPS) is 19.4. The van der Waals surface area contributed by atoms with Crippen LogP contribution in [0.1, 0.15) is 19.4 Å². The molecule has 3 aromatic rings. The van der Waals surface area contributed by atoms with E-state index < -0.39 is 0 Å². The van der Waals surface area contributed by atoms with Gasteiger partial charge in [-0.05, 0) is 23.8 Å². The smallest absolute Gasteiger partial charge is 0.250 e. The number of hydrogen-bond acceptors (Lipinski definition) is 6. The number of aliphatic hydroxyl groups is 1. The van der Waals surface area contributed by atoms with E-state index >= 15 is 0 Å². The SMILES string of the molecule is CC1C(=O)C(N=Nc2nc3ccc(N(C)C)cc3n2Cc2ccccc2)=C(O)C1C. The van der Waals surface area contributed by atoms with Crippen molar-refractivity contribution in [2.45, 2.75) is 20.4 Å². The van der Waals surface area contributed by atoms with Gasteiger partial charge in [0.1, 0.15) is 5.76 Å². The summed E-state index contributed by atoms with van der Waals surface area (Å²) >= 11 is 0. The van der Waals surface area contributed by atoms with Crippen LogP contribution < -0.4 is 4.90 Å². The number of ketones is 1. The van der Waals surface area contributed by atoms with Gasteiger partial charge < -0.3 is 14.6 Å². The zero-order valence-electron chi connectivity index (χ0n) is 17.6. The highest BCUT2D eigenvalue weighted by Crippen LogP contribution is 2.34. The van der Waals surface area contributed by atoms with E-state index in [0.29, 0.717) is 12.5 Å². The Balaban J connectivity index is 1.80. The summed E-state index contributed by atoms with van der Waals surface area (Å²) in [7, 11) is 3.98. The largest absolute Gasteiger partial charge is 0.510 e. The lowest BCUT2D eigenvalue weighted by molar-refractivity contribution is -0.118. The van der Waals surface area contributed by atoms with Gasteiger partial charge in [0.15, 0.2) is 11.5 Å². The van der Waals surface area contributed by atoms with Crippen molar-refractivity contribution in [1.29, 1.82) is 0 Å². The van der Waals surface area contributed by atoms with Crippen LogP contribution in [0.25, 0.3) is 11.0 Å². The first-order valence-corrected chi connectivity index (χ1v) is 9.97. The molecule has 2 unspecified atom stereocenters. The minimum atomic E-state index is -0.301. The van der Waals surface area contributed by atoms with Crippen LogP contribution in [-0.4, -0.2) is 34.5 Å². The molecule has 4 rings (SSSR count). The predicted octanol–water partition coefficient (Wildman–Crippen LogP) is 4.86. The van der Waals surface area contributed by atoms with Crippen molar-refractivity contribution in [2.75, 3.05) is 19.0 Å². The number of carbonyl (C=O) groups is 1. The van der Waals surface area contributed by atoms with Crippen molar-refractivity contribution in [3.63, 3.8) is 0 Å². The third-order valence-corrected chi connectivity index (χ3v) is 5.72. The fourth-order valence-electron chi connectivity index (χ4n) is 3.59. The van der Waals surface area contributed by atoms with E-state index in [-0.39, 0.29) is 29.1 Å². The van der Waals surface area contributed by atoms with Crippen LogP contribution in [0.4, 0.5) is 11.6 Å². The van der Waals surface area contributed by atoms with Gasteiger partial charge in [-0.25, -0.2) is 4.98 Å². The number of Topliss-reactive ketones (excluding diaryl/α,β-unsaturated/α-hetero) is 1. The summed E-state index contributed by atoms with van der Waals surface area (Å²) < 4.78 is 1.98. The van der Waals surface area contributed by atoms with Gasteiger partial charge in [0.25, 0.3) is 5.95 Å². The Hall–Kier alpha value is -3.48. The van der Waals surface area contributed by atoms with Crippen LogP contribution >= 0.6 is 0 Å². The third kappa shape index (κ3) is 3.47. The number of anilines is 1. The number of azo groups is 1. The number of carbonyl (C=O) groups excluding carboxylic acids is 1. The number of aromatic nitrogens is 2. The molecule has 30 heavy (non-hydrogen) atoms. The van der Waals surface area contributed by atoms with Crippen LogP contribution in [0.3, 0.4) is 0 Å². The number of rotatable bonds is 5. The number of aliphatic hydroxyl groups excluding tert-OH is 1. The first kappa shape index (κ1) is 19.8. The molecule has 0 saturated heterocycles. The van der Waals surface area contributed by atoms with Crippen molar-refractivity contribution in [3.05, 3.63) is 65.6 Å². The van der Waals surface area contributed by atoms with Gasteiger partial charge in [0.05, 0.1) is 17.6 Å². The fourth-order valence-corrected chi connectivity index (χ4v) is 3.59. The van der Waals surface area contributed by atoms with Crippen molar-refractivity contribution in [3.8, 4) is 0 Å². The van der Waals surface area contributed by atoms with Gasteiger partial charge in [0, 0.05) is 31.6 Å². The van der Waals surface area contributed by atoms with E-state index in [9.17, 15) is 9.90 Å². The van der Waals surface area contributed by atoms with Crippen molar-refractivity contribution in [2.24, 2.45) is 22.1 Å². The molecule has 1 aliphatic rings. The van der Waals surface area contributed by atoms with Gasteiger partial charge >= 0.3 is 0 Å². The lowest BCUT2D eigenvalue weighted by Gasteiger charge is -2.13. The number of benzene rings is 2. The van der Waals surface area contributed by atoms with Crippen LogP contribution in [0.5, 0.6) is 0 Å². The average molecular weight is 403 g/mol. The maximum absolute atomic E-state index is 12.4. The van der Waals surface area contributed by atoms with E-state index in [1.165, 1.54) is 0 Å². The molecule has 1 aliphatic carbocycles. The molecule has 0 aliphatic heterocycles. The highest BCUT2D eigenvalue weighted by molar-refractivity contribution is 5.99. The van der Waals surface area contributed by atoms with Gasteiger partial charge in [-0.1, -0.05) is 44.2 Å². The number of hydrogen-bond donors (Lipinski definition) is 1. The van der Waals surface area contributed by atoms with E-state index in [4.69, 9.17) is 0 Å². The van der Waals surface area contributed by atoms with E-state index in [2.05, 4.69) is 21.3 Å². The molecule has 1 N–H and O–H groups in total. The molecule has 154 valence electrons. The summed E-state index contributed by atoms with van der Waals surface area (Å²) in [6.45, 7) is 4.17. The first-order chi connectivity index (χ1) is 14.4. The molecule has 7 nitrogen and oxygen atoms in total. The molecule has 1 aromatic heterocycles. The zero-order chi connectivity index (χ0) is 21.4. The maximum atomic E-state index is 12.4. The third-order valence-electron chi connectivity index (χ3n) is 5.72. The van der Waals surface area contributed by atoms with Crippen molar-refractivity contribution in [1.82, 2.24) is 9.55 Å². The number of fused-ring (bicyclic) bond motifs is 1. The molecular weight excluding hydrogens is 378 g/mol. The first-order valence-electron chi connectivity index (χ1n) is 9.97. The Morgan fingerprint density at radius 1 is 1.07 bits per heavy atom. The molecule has 0 amide bonds. The molecular formula is C23H25N5O2. The molecule has 0 fully saturated rings. The molecule has 0 bridgehead atoms. The Labute approximate surface area is 175 Å². The second kappa shape index (κ2) is 7.74. The Morgan fingerprint density at radius 3 is 2.43 bits per heavy atom. The minimum absolute atomic E-state index is 0.00290. The minimum Gasteiger partial charge on any atom is -0.510 e. The van der Waals surface area contributed by atoms with Crippen LogP contribution in [0, 0.1) is 11.8 Å². The molecule has 0 spiro atoms. The second-order valence-corrected chi connectivity index (χ2v) is 7.93. The van der Waals surface area contributed by atoms with Crippen molar-refractivity contribution >= 4 is 28.5 Å². The van der Waals surface area contributed by atoms with Crippen LogP contribution in [0.2, 0.25) is 0 Å². The molecule has 2 atom stereocenters. The average Bonchev–Trinajstić information content (AvgIpc) is 3.17. The summed E-state index contributed by atoms with van der Waals surface area (Å²) in [5.74, 6) is -0.353. The molecule has 0 radical (unpaired) electrons. The van der Waals surface area contributed by atoms with Gasteiger partial charge in [-0.15, -0.1) is 10.2 Å². The Bertz CT molecular complexity index is 1160. The lowest BCUT2D eigenvalue weighted by atomic mass is 9.98. The van der Waals surface area contributed by atoms with Crippen LogP contribution in [0.15, 0.2) is 70.2 Å². The van der Waals surface area contributed by atoms with E-state index in [0.717, 1.165) is 22.3 Å².